The zero-order valence-electron chi connectivity index (χ0n) is 12.2. The third-order valence-corrected chi connectivity index (χ3v) is 3.92. The molecule has 1 aliphatic rings. The zero-order chi connectivity index (χ0) is 15.0. The summed E-state index contributed by atoms with van der Waals surface area (Å²) in [4.78, 5) is 22.2. The molecule has 0 atom stereocenters. The van der Waals surface area contributed by atoms with E-state index in [0.29, 0.717) is 12.4 Å². The maximum atomic E-state index is 11.5. The number of hydrogen-bond donors (Lipinski definition) is 1. The number of carboxylic acid groups (broad SMARTS) is 1. The van der Waals surface area contributed by atoms with Crippen LogP contribution in [-0.4, -0.2) is 32.7 Å². The number of aromatic carboxylic acids is 1. The largest absolute Gasteiger partial charge is 0.478 e. The summed E-state index contributed by atoms with van der Waals surface area (Å²) in [5, 5.41) is 9.44. The molecule has 2 heterocycles. The summed E-state index contributed by atoms with van der Waals surface area (Å²) < 4.78 is 1.92. The van der Waals surface area contributed by atoms with Gasteiger partial charge in [0.15, 0.2) is 0 Å². The Labute approximate surface area is 123 Å². The first kappa shape index (κ1) is 13.6. The van der Waals surface area contributed by atoms with E-state index >= 15 is 0 Å². The molecule has 3 rings (SSSR count). The fourth-order valence-corrected chi connectivity index (χ4v) is 2.75. The fourth-order valence-electron chi connectivity index (χ4n) is 2.75. The van der Waals surface area contributed by atoms with Crippen molar-refractivity contribution in [2.24, 2.45) is 7.05 Å². The van der Waals surface area contributed by atoms with Crippen molar-refractivity contribution < 1.29 is 9.90 Å². The summed E-state index contributed by atoms with van der Waals surface area (Å²) in [6, 6.07) is 1.78. The van der Waals surface area contributed by atoms with Crippen LogP contribution >= 0.6 is 0 Å². The minimum absolute atomic E-state index is 0.271. The molecule has 0 aliphatic heterocycles. The number of aromatic nitrogens is 3. The van der Waals surface area contributed by atoms with Gasteiger partial charge >= 0.3 is 5.97 Å². The second kappa shape index (κ2) is 5.20. The van der Waals surface area contributed by atoms with E-state index in [4.69, 9.17) is 0 Å². The number of pyridine rings is 1. The van der Waals surface area contributed by atoms with Crippen molar-refractivity contribution in [3.05, 3.63) is 41.1 Å². The fraction of sp³-hybridized carbons (Fsp3) is 0.400. The Morgan fingerprint density at radius 1 is 1.48 bits per heavy atom. The van der Waals surface area contributed by atoms with Gasteiger partial charge in [-0.25, -0.2) is 14.8 Å². The van der Waals surface area contributed by atoms with Gasteiger partial charge in [-0.1, -0.05) is 0 Å². The Morgan fingerprint density at radius 3 is 2.95 bits per heavy atom. The van der Waals surface area contributed by atoms with E-state index in [1.165, 1.54) is 0 Å². The lowest BCUT2D eigenvalue weighted by molar-refractivity contribution is 0.0697. The van der Waals surface area contributed by atoms with Crippen LogP contribution < -0.4 is 4.90 Å². The van der Waals surface area contributed by atoms with Crippen LogP contribution in [0.1, 0.15) is 33.9 Å². The summed E-state index contributed by atoms with van der Waals surface area (Å²) in [5.41, 5.74) is 2.37. The number of carbonyl (C=O) groups is 1. The topological polar surface area (TPSA) is 71.2 Å². The van der Waals surface area contributed by atoms with Gasteiger partial charge in [0.1, 0.15) is 17.2 Å². The van der Waals surface area contributed by atoms with E-state index in [-0.39, 0.29) is 5.56 Å². The van der Waals surface area contributed by atoms with Crippen LogP contribution in [0.25, 0.3) is 0 Å². The van der Waals surface area contributed by atoms with Crippen LogP contribution in [0.2, 0.25) is 0 Å². The number of carboxylic acids is 1. The zero-order valence-corrected chi connectivity index (χ0v) is 12.2. The molecule has 0 unspecified atom stereocenters. The predicted octanol–water partition coefficient (Wildman–Crippen LogP) is 1.64. The van der Waals surface area contributed by atoms with Crippen LogP contribution in [0.4, 0.5) is 5.82 Å². The molecule has 6 heteroatoms. The quantitative estimate of drug-likeness (QED) is 0.925. The number of hydrogen-bond acceptors (Lipinski definition) is 4. The van der Waals surface area contributed by atoms with Crippen molar-refractivity contribution in [2.45, 2.75) is 25.8 Å². The van der Waals surface area contributed by atoms with Crippen molar-refractivity contribution >= 4 is 11.8 Å². The van der Waals surface area contributed by atoms with Gasteiger partial charge in [0.2, 0.25) is 0 Å². The van der Waals surface area contributed by atoms with E-state index in [2.05, 4.69) is 9.97 Å². The molecule has 0 radical (unpaired) electrons. The minimum Gasteiger partial charge on any atom is -0.478 e. The molecule has 0 spiro atoms. The van der Waals surface area contributed by atoms with Gasteiger partial charge in [0.05, 0.1) is 6.54 Å². The summed E-state index contributed by atoms with van der Waals surface area (Å²) in [6.45, 7) is 0.523. The normalized spacial score (nSPS) is 13.2. The van der Waals surface area contributed by atoms with E-state index in [1.54, 1.807) is 12.3 Å². The van der Waals surface area contributed by atoms with Crippen LogP contribution in [0.15, 0.2) is 18.5 Å². The maximum Gasteiger partial charge on any atom is 0.339 e. The van der Waals surface area contributed by atoms with Crippen LogP contribution in [-0.2, 0) is 26.4 Å². The monoisotopic (exact) mass is 286 g/mol. The number of aryl methyl sites for hydroxylation is 3. The first-order valence-corrected chi connectivity index (χ1v) is 6.99. The van der Waals surface area contributed by atoms with Crippen molar-refractivity contribution in [1.29, 1.82) is 0 Å². The highest BCUT2D eigenvalue weighted by Gasteiger charge is 2.22. The number of anilines is 1. The Morgan fingerprint density at radius 2 is 2.29 bits per heavy atom. The lowest BCUT2D eigenvalue weighted by atomic mass is 10.1. The molecule has 2 aromatic rings. The Balaban J connectivity index is 1.96. The minimum atomic E-state index is -0.932. The summed E-state index contributed by atoms with van der Waals surface area (Å²) in [7, 11) is 3.77. The van der Waals surface area contributed by atoms with E-state index < -0.39 is 5.97 Å². The molecule has 0 saturated heterocycles. The predicted molar refractivity (Wildman–Crippen MR) is 78.5 cm³/mol. The van der Waals surface area contributed by atoms with Crippen molar-refractivity contribution in [1.82, 2.24) is 14.5 Å². The molecule has 0 saturated carbocycles. The van der Waals surface area contributed by atoms with Gasteiger partial charge < -0.3 is 14.6 Å². The van der Waals surface area contributed by atoms with Crippen molar-refractivity contribution in [3.8, 4) is 0 Å². The highest BCUT2D eigenvalue weighted by molar-refractivity contribution is 5.93. The van der Waals surface area contributed by atoms with Gasteiger partial charge in [-0.05, 0) is 30.9 Å². The molecule has 1 aliphatic carbocycles. The average molecular weight is 286 g/mol. The lowest BCUT2D eigenvalue weighted by Crippen LogP contribution is -2.23. The molecule has 0 amide bonds. The Hall–Kier alpha value is -2.37. The van der Waals surface area contributed by atoms with Gasteiger partial charge in [-0.2, -0.15) is 0 Å². The molecule has 2 aromatic heterocycles. The van der Waals surface area contributed by atoms with Crippen LogP contribution in [0, 0.1) is 0 Å². The van der Waals surface area contributed by atoms with Crippen LogP contribution in [0.3, 0.4) is 0 Å². The third-order valence-electron chi connectivity index (χ3n) is 3.92. The van der Waals surface area contributed by atoms with Crippen molar-refractivity contribution in [3.63, 3.8) is 0 Å². The second-order valence-electron chi connectivity index (χ2n) is 5.43. The highest BCUT2D eigenvalue weighted by atomic mass is 16.4. The van der Waals surface area contributed by atoms with E-state index in [1.807, 2.05) is 29.8 Å². The average Bonchev–Trinajstić information content (AvgIpc) is 3.06. The van der Waals surface area contributed by atoms with Crippen LogP contribution in [0.5, 0.6) is 0 Å². The molecule has 21 heavy (non-hydrogen) atoms. The first-order chi connectivity index (χ1) is 10.1. The number of fused-ring (bicyclic) bond motifs is 1. The highest BCUT2D eigenvalue weighted by Crippen LogP contribution is 2.27. The Bertz CT molecular complexity index is 693. The lowest BCUT2D eigenvalue weighted by Gasteiger charge is -2.20. The number of rotatable bonds is 4. The van der Waals surface area contributed by atoms with E-state index in [0.717, 1.165) is 36.3 Å². The van der Waals surface area contributed by atoms with Crippen molar-refractivity contribution in [2.75, 3.05) is 11.9 Å². The first-order valence-electron chi connectivity index (χ1n) is 6.99. The second-order valence-corrected chi connectivity index (χ2v) is 5.43. The van der Waals surface area contributed by atoms with E-state index in [9.17, 15) is 9.90 Å². The standard InChI is InChI=1S/C15H18N4O2/c1-18-7-6-16-13(18)9-19(2)14-11(15(20)21)8-10-4-3-5-12(10)17-14/h6-8H,3-5,9H2,1-2H3,(H,20,21). The number of nitrogens with zero attached hydrogens (tertiary/aromatic N) is 4. The van der Waals surface area contributed by atoms with Gasteiger partial charge in [0.25, 0.3) is 0 Å². The number of imidazole rings is 1. The SMILES string of the molecule is CN(Cc1nccn1C)c1nc2c(cc1C(=O)O)CCC2. The molecule has 0 fully saturated rings. The Kier molecular flexibility index (Phi) is 3.37. The molecule has 6 nitrogen and oxygen atoms in total. The smallest absolute Gasteiger partial charge is 0.339 e. The summed E-state index contributed by atoms with van der Waals surface area (Å²) >= 11 is 0. The van der Waals surface area contributed by atoms with Gasteiger partial charge in [-0.3, -0.25) is 0 Å². The molecular formula is C15H18N4O2. The van der Waals surface area contributed by atoms with Gasteiger partial charge in [0, 0.05) is 32.2 Å². The molecule has 1 N–H and O–H groups in total. The van der Waals surface area contributed by atoms with Gasteiger partial charge in [-0.15, -0.1) is 0 Å². The summed E-state index contributed by atoms with van der Waals surface area (Å²) in [6.07, 6.45) is 6.51. The summed E-state index contributed by atoms with van der Waals surface area (Å²) in [5.74, 6) is 0.459. The molecular weight excluding hydrogens is 268 g/mol. The molecule has 110 valence electrons. The third kappa shape index (κ3) is 2.49. The maximum absolute atomic E-state index is 11.5. The molecule has 0 bridgehead atoms. The molecule has 0 aromatic carbocycles.